The first-order valence-electron chi connectivity index (χ1n) is 8.63. The van der Waals surface area contributed by atoms with Gasteiger partial charge in [0.15, 0.2) is 0 Å². The van der Waals surface area contributed by atoms with E-state index in [1.54, 1.807) is 19.4 Å². The van der Waals surface area contributed by atoms with Crippen LogP contribution in [0.2, 0.25) is 5.02 Å². The number of nitrogens with zero attached hydrogens (tertiary/aromatic N) is 2. The standard InChI is InChI=1S/C20H25ClN2O2/c1-14-11-23(13-16-4-7-18(25-3)8-5-16)12-15(2)20(14,24)19-9-6-17(21)10-22-19/h4-10,14-15,24H,11-13H2,1-3H3/t14-,15+,20?. The second-order valence-corrected chi connectivity index (χ2v) is 7.47. The van der Waals surface area contributed by atoms with Crippen LogP contribution < -0.4 is 4.74 Å². The average molecular weight is 361 g/mol. The van der Waals surface area contributed by atoms with Gasteiger partial charge in [-0.15, -0.1) is 0 Å². The van der Waals surface area contributed by atoms with E-state index in [1.165, 1.54) is 5.56 Å². The van der Waals surface area contributed by atoms with Crippen molar-refractivity contribution in [1.82, 2.24) is 9.88 Å². The fraction of sp³-hybridized carbons (Fsp3) is 0.450. The smallest absolute Gasteiger partial charge is 0.118 e. The molecule has 1 aliphatic rings. The number of halogens is 1. The lowest BCUT2D eigenvalue weighted by molar-refractivity contribution is -0.117. The van der Waals surface area contributed by atoms with E-state index < -0.39 is 5.60 Å². The van der Waals surface area contributed by atoms with Crippen LogP contribution in [0.15, 0.2) is 42.6 Å². The average Bonchev–Trinajstić information content (AvgIpc) is 2.61. The fourth-order valence-corrected chi connectivity index (χ4v) is 3.96. The van der Waals surface area contributed by atoms with Crippen LogP contribution in [0.5, 0.6) is 5.75 Å². The molecule has 1 saturated heterocycles. The van der Waals surface area contributed by atoms with E-state index in [2.05, 4.69) is 35.9 Å². The summed E-state index contributed by atoms with van der Waals surface area (Å²) < 4.78 is 5.21. The van der Waals surface area contributed by atoms with Crippen molar-refractivity contribution in [2.24, 2.45) is 11.8 Å². The molecule has 25 heavy (non-hydrogen) atoms. The second kappa shape index (κ2) is 7.32. The molecule has 1 aromatic heterocycles. The number of pyridine rings is 1. The van der Waals surface area contributed by atoms with E-state index in [4.69, 9.17) is 16.3 Å². The number of methoxy groups -OCH3 is 1. The molecule has 3 atom stereocenters. The van der Waals surface area contributed by atoms with Crippen LogP contribution in [0.3, 0.4) is 0 Å². The van der Waals surface area contributed by atoms with Gasteiger partial charge in [-0.3, -0.25) is 9.88 Å². The van der Waals surface area contributed by atoms with Gasteiger partial charge in [0.25, 0.3) is 0 Å². The quantitative estimate of drug-likeness (QED) is 0.902. The lowest BCUT2D eigenvalue weighted by Gasteiger charge is -2.47. The highest BCUT2D eigenvalue weighted by Crippen LogP contribution is 2.40. The molecule has 5 heteroatoms. The third kappa shape index (κ3) is 3.66. The van der Waals surface area contributed by atoms with Gasteiger partial charge in [0.05, 0.1) is 17.8 Å². The third-order valence-corrected chi connectivity index (χ3v) is 5.49. The molecular formula is C20H25ClN2O2. The molecule has 4 nitrogen and oxygen atoms in total. The Morgan fingerprint density at radius 1 is 1.16 bits per heavy atom. The number of hydrogen-bond donors (Lipinski definition) is 1. The first-order chi connectivity index (χ1) is 11.9. The van der Waals surface area contributed by atoms with Gasteiger partial charge in [0, 0.05) is 37.7 Å². The topological polar surface area (TPSA) is 45.6 Å². The van der Waals surface area contributed by atoms with Crippen molar-refractivity contribution in [2.75, 3.05) is 20.2 Å². The maximum absolute atomic E-state index is 11.4. The van der Waals surface area contributed by atoms with E-state index in [0.29, 0.717) is 10.7 Å². The molecular weight excluding hydrogens is 336 g/mol. The van der Waals surface area contributed by atoms with Gasteiger partial charge >= 0.3 is 0 Å². The highest BCUT2D eigenvalue weighted by Gasteiger charge is 2.46. The molecule has 0 bridgehead atoms. The predicted molar refractivity (Wildman–Crippen MR) is 99.7 cm³/mol. The molecule has 0 radical (unpaired) electrons. The normalized spacial score (nSPS) is 27.2. The fourth-order valence-electron chi connectivity index (χ4n) is 3.85. The van der Waals surface area contributed by atoms with Crippen LogP contribution in [0.1, 0.15) is 25.1 Å². The van der Waals surface area contributed by atoms with E-state index in [-0.39, 0.29) is 11.8 Å². The maximum Gasteiger partial charge on any atom is 0.118 e. The summed E-state index contributed by atoms with van der Waals surface area (Å²) in [5, 5.41) is 12.0. The van der Waals surface area contributed by atoms with Gasteiger partial charge in [-0.2, -0.15) is 0 Å². The van der Waals surface area contributed by atoms with Crippen molar-refractivity contribution in [3.8, 4) is 5.75 Å². The lowest BCUT2D eigenvalue weighted by atomic mass is 9.72. The zero-order valence-corrected chi connectivity index (χ0v) is 15.7. The molecule has 0 spiro atoms. The van der Waals surface area contributed by atoms with Crippen molar-refractivity contribution < 1.29 is 9.84 Å². The van der Waals surface area contributed by atoms with E-state index >= 15 is 0 Å². The summed E-state index contributed by atoms with van der Waals surface area (Å²) in [6, 6.07) is 11.8. The minimum Gasteiger partial charge on any atom is -0.497 e. The van der Waals surface area contributed by atoms with Gasteiger partial charge < -0.3 is 9.84 Å². The Hall–Kier alpha value is -1.62. The van der Waals surface area contributed by atoms with Crippen molar-refractivity contribution in [1.29, 1.82) is 0 Å². The van der Waals surface area contributed by atoms with Crippen LogP contribution in [-0.2, 0) is 12.1 Å². The van der Waals surface area contributed by atoms with Crippen molar-refractivity contribution >= 4 is 11.6 Å². The van der Waals surface area contributed by atoms with Crippen LogP contribution in [-0.4, -0.2) is 35.2 Å². The highest BCUT2D eigenvalue weighted by atomic mass is 35.5. The van der Waals surface area contributed by atoms with Gasteiger partial charge in [-0.1, -0.05) is 37.6 Å². The van der Waals surface area contributed by atoms with Crippen LogP contribution >= 0.6 is 11.6 Å². The summed E-state index contributed by atoms with van der Waals surface area (Å²) in [5.41, 5.74) is 1.03. The number of likely N-dealkylation sites (tertiary alicyclic amines) is 1. The Morgan fingerprint density at radius 2 is 1.80 bits per heavy atom. The number of ether oxygens (including phenoxy) is 1. The van der Waals surface area contributed by atoms with Crippen molar-refractivity contribution in [3.63, 3.8) is 0 Å². The first-order valence-corrected chi connectivity index (χ1v) is 9.01. The summed E-state index contributed by atoms with van der Waals surface area (Å²) in [6.07, 6.45) is 1.61. The Kier molecular flexibility index (Phi) is 5.32. The zero-order chi connectivity index (χ0) is 18.0. The van der Waals surface area contributed by atoms with Crippen LogP contribution in [0.4, 0.5) is 0 Å². The molecule has 1 aliphatic heterocycles. The molecule has 0 amide bonds. The lowest BCUT2D eigenvalue weighted by Crippen LogP contribution is -2.54. The summed E-state index contributed by atoms with van der Waals surface area (Å²) in [4.78, 5) is 6.78. The van der Waals surface area contributed by atoms with Gasteiger partial charge in [0.2, 0.25) is 0 Å². The largest absolute Gasteiger partial charge is 0.497 e. The summed E-state index contributed by atoms with van der Waals surface area (Å²) >= 11 is 5.94. The molecule has 1 N–H and O–H groups in total. The number of aliphatic hydroxyl groups is 1. The molecule has 0 saturated carbocycles. The number of piperidine rings is 1. The van der Waals surface area contributed by atoms with Crippen molar-refractivity contribution in [3.05, 3.63) is 58.9 Å². The molecule has 1 fully saturated rings. The molecule has 1 unspecified atom stereocenters. The Morgan fingerprint density at radius 3 is 2.32 bits per heavy atom. The van der Waals surface area contributed by atoms with E-state index in [9.17, 15) is 5.11 Å². The van der Waals surface area contributed by atoms with Crippen LogP contribution in [0.25, 0.3) is 0 Å². The van der Waals surface area contributed by atoms with Gasteiger partial charge in [-0.25, -0.2) is 0 Å². The second-order valence-electron chi connectivity index (χ2n) is 7.03. The minimum atomic E-state index is -0.930. The summed E-state index contributed by atoms with van der Waals surface area (Å²) in [5.74, 6) is 1.01. The molecule has 3 rings (SSSR count). The first kappa shape index (κ1) is 18.2. The van der Waals surface area contributed by atoms with Gasteiger partial charge in [0.1, 0.15) is 11.4 Å². The van der Waals surface area contributed by atoms with Gasteiger partial charge in [-0.05, 0) is 29.8 Å². The number of aromatic nitrogens is 1. The Bertz CT molecular complexity index is 691. The van der Waals surface area contributed by atoms with Crippen molar-refractivity contribution in [2.45, 2.75) is 26.0 Å². The third-order valence-electron chi connectivity index (χ3n) is 5.27. The minimum absolute atomic E-state index is 0.0724. The van der Waals surface area contributed by atoms with E-state index in [0.717, 1.165) is 25.4 Å². The molecule has 134 valence electrons. The van der Waals surface area contributed by atoms with Crippen LogP contribution in [0, 0.1) is 11.8 Å². The molecule has 1 aromatic carbocycles. The number of benzene rings is 1. The molecule has 2 aromatic rings. The van der Waals surface area contributed by atoms with E-state index in [1.807, 2.05) is 18.2 Å². The highest BCUT2D eigenvalue weighted by molar-refractivity contribution is 6.30. The Balaban J connectivity index is 1.73. The molecule has 0 aliphatic carbocycles. The maximum atomic E-state index is 11.4. The monoisotopic (exact) mass is 360 g/mol. The Labute approximate surface area is 154 Å². The summed E-state index contributed by atoms with van der Waals surface area (Å²) in [7, 11) is 1.68. The zero-order valence-electron chi connectivity index (χ0n) is 14.9. The summed E-state index contributed by atoms with van der Waals surface area (Å²) in [6.45, 7) is 6.68. The SMILES string of the molecule is COc1ccc(CN2C[C@@H](C)C(O)(c3ccc(Cl)cn3)[C@@H](C)C2)cc1. The predicted octanol–water partition coefficient (Wildman–Crippen LogP) is 3.72. The number of rotatable bonds is 4. The number of hydrogen-bond acceptors (Lipinski definition) is 4. The molecule has 2 heterocycles.